The molecule has 2 aromatic rings. The predicted octanol–water partition coefficient (Wildman–Crippen LogP) is 3.92. The Kier molecular flexibility index (Phi) is 2.90. The van der Waals surface area contributed by atoms with E-state index in [9.17, 15) is 0 Å². The number of rotatable bonds is 1. The number of nitrogen functional groups attached to an aromatic ring is 1. The van der Waals surface area contributed by atoms with Gasteiger partial charge < -0.3 is 5.73 Å². The normalized spacial score (nSPS) is 10.4. The minimum absolute atomic E-state index is 0.590. The van der Waals surface area contributed by atoms with E-state index in [1.807, 2.05) is 23.6 Å². The van der Waals surface area contributed by atoms with Crippen LogP contribution in [-0.4, -0.2) is 4.98 Å². The summed E-state index contributed by atoms with van der Waals surface area (Å²) in [5.74, 6) is 0. The third kappa shape index (κ3) is 1.99. The SMILES string of the molecule is Nc1nc(-c2cc(Br)ccc2Br)cs1. The molecule has 0 saturated heterocycles. The van der Waals surface area contributed by atoms with Crippen LogP contribution >= 0.6 is 43.2 Å². The topological polar surface area (TPSA) is 38.9 Å². The van der Waals surface area contributed by atoms with E-state index in [-0.39, 0.29) is 0 Å². The highest BCUT2D eigenvalue weighted by molar-refractivity contribution is 9.11. The summed E-state index contributed by atoms with van der Waals surface area (Å²) >= 11 is 8.35. The molecule has 0 fully saturated rings. The highest BCUT2D eigenvalue weighted by atomic mass is 79.9. The van der Waals surface area contributed by atoms with Crippen molar-refractivity contribution in [3.8, 4) is 11.3 Å². The predicted molar refractivity (Wildman–Crippen MR) is 67.4 cm³/mol. The van der Waals surface area contributed by atoms with E-state index < -0.39 is 0 Å². The average molecular weight is 334 g/mol. The number of anilines is 1. The van der Waals surface area contributed by atoms with Gasteiger partial charge >= 0.3 is 0 Å². The van der Waals surface area contributed by atoms with Crippen molar-refractivity contribution >= 4 is 48.3 Å². The highest BCUT2D eigenvalue weighted by Crippen LogP contribution is 2.32. The summed E-state index contributed by atoms with van der Waals surface area (Å²) in [6, 6.07) is 5.97. The van der Waals surface area contributed by atoms with Gasteiger partial charge in [-0.3, -0.25) is 0 Å². The number of hydrogen-bond acceptors (Lipinski definition) is 3. The van der Waals surface area contributed by atoms with E-state index in [0.717, 1.165) is 20.2 Å². The molecule has 72 valence electrons. The Morgan fingerprint density at radius 1 is 1.29 bits per heavy atom. The van der Waals surface area contributed by atoms with Crippen molar-refractivity contribution in [2.24, 2.45) is 0 Å². The van der Waals surface area contributed by atoms with Crippen LogP contribution in [0.25, 0.3) is 11.3 Å². The minimum atomic E-state index is 0.590. The van der Waals surface area contributed by atoms with Gasteiger partial charge in [0.15, 0.2) is 5.13 Å². The second-order valence-electron chi connectivity index (χ2n) is 2.70. The van der Waals surface area contributed by atoms with E-state index in [1.54, 1.807) is 0 Å². The second-order valence-corrected chi connectivity index (χ2v) is 5.35. The maximum Gasteiger partial charge on any atom is 0.180 e. The summed E-state index contributed by atoms with van der Waals surface area (Å²) in [4.78, 5) is 4.23. The van der Waals surface area contributed by atoms with Gasteiger partial charge in [0.25, 0.3) is 0 Å². The van der Waals surface area contributed by atoms with Gasteiger partial charge in [-0.15, -0.1) is 11.3 Å². The Balaban J connectivity index is 2.55. The first-order chi connectivity index (χ1) is 6.66. The summed E-state index contributed by atoms with van der Waals surface area (Å²) in [5.41, 5.74) is 7.54. The van der Waals surface area contributed by atoms with Crippen LogP contribution in [0.2, 0.25) is 0 Å². The summed E-state index contributed by atoms with van der Waals surface area (Å²) in [6.45, 7) is 0. The summed E-state index contributed by atoms with van der Waals surface area (Å²) in [7, 11) is 0. The van der Waals surface area contributed by atoms with Crippen molar-refractivity contribution < 1.29 is 0 Å². The molecule has 2 rings (SSSR count). The molecule has 0 aliphatic heterocycles. The smallest absolute Gasteiger partial charge is 0.180 e. The minimum Gasteiger partial charge on any atom is -0.375 e. The molecule has 0 bridgehead atoms. The van der Waals surface area contributed by atoms with Crippen LogP contribution in [0.5, 0.6) is 0 Å². The maximum absolute atomic E-state index is 5.58. The number of nitrogens with zero attached hydrogens (tertiary/aromatic N) is 1. The van der Waals surface area contributed by atoms with Gasteiger partial charge in [-0.05, 0) is 18.2 Å². The van der Waals surface area contributed by atoms with Crippen molar-refractivity contribution in [3.63, 3.8) is 0 Å². The van der Waals surface area contributed by atoms with Gasteiger partial charge in [0.05, 0.1) is 5.69 Å². The number of nitrogens with two attached hydrogens (primary N) is 1. The first kappa shape index (κ1) is 10.1. The van der Waals surface area contributed by atoms with E-state index in [0.29, 0.717) is 5.13 Å². The van der Waals surface area contributed by atoms with Crippen LogP contribution in [0.3, 0.4) is 0 Å². The van der Waals surface area contributed by atoms with Gasteiger partial charge in [-0.2, -0.15) is 0 Å². The molecule has 1 aromatic heterocycles. The lowest BCUT2D eigenvalue weighted by atomic mass is 10.2. The number of halogens is 2. The number of thiazole rings is 1. The van der Waals surface area contributed by atoms with E-state index >= 15 is 0 Å². The molecule has 5 heteroatoms. The fourth-order valence-electron chi connectivity index (χ4n) is 1.11. The van der Waals surface area contributed by atoms with Crippen molar-refractivity contribution in [3.05, 3.63) is 32.5 Å². The van der Waals surface area contributed by atoms with E-state index in [4.69, 9.17) is 5.73 Å². The summed E-state index contributed by atoms with van der Waals surface area (Å²) in [6.07, 6.45) is 0. The number of hydrogen-bond donors (Lipinski definition) is 1. The van der Waals surface area contributed by atoms with E-state index in [2.05, 4.69) is 36.8 Å². The Morgan fingerprint density at radius 2 is 2.07 bits per heavy atom. The molecule has 0 aliphatic carbocycles. The van der Waals surface area contributed by atoms with Gasteiger partial charge in [-0.1, -0.05) is 31.9 Å². The van der Waals surface area contributed by atoms with Crippen LogP contribution in [0, 0.1) is 0 Å². The third-order valence-electron chi connectivity index (χ3n) is 1.73. The Morgan fingerprint density at radius 3 is 2.71 bits per heavy atom. The molecule has 2 nitrogen and oxygen atoms in total. The molecular weight excluding hydrogens is 328 g/mol. The molecule has 0 atom stereocenters. The fourth-order valence-corrected chi connectivity index (χ4v) is 2.48. The Hall–Kier alpha value is -0.390. The maximum atomic E-state index is 5.58. The fraction of sp³-hybridized carbons (Fsp3) is 0. The van der Waals surface area contributed by atoms with Crippen LogP contribution in [0.15, 0.2) is 32.5 Å². The number of benzene rings is 1. The molecule has 1 heterocycles. The van der Waals surface area contributed by atoms with Crippen molar-refractivity contribution in [2.45, 2.75) is 0 Å². The van der Waals surface area contributed by atoms with Crippen molar-refractivity contribution in [1.82, 2.24) is 4.98 Å². The Bertz CT molecular complexity index is 468. The Labute approximate surface area is 102 Å². The molecule has 2 N–H and O–H groups in total. The number of aromatic nitrogens is 1. The van der Waals surface area contributed by atoms with Gasteiger partial charge in [0.1, 0.15) is 0 Å². The second kappa shape index (κ2) is 4.00. The molecular formula is C9H6Br2N2S. The molecule has 0 unspecified atom stereocenters. The lowest BCUT2D eigenvalue weighted by Crippen LogP contribution is -1.84. The first-order valence-corrected chi connectivity index (χ1v) is 6.30. The van der Waals surface area contributed by atoms with E-state index in [1.165, 1.54) is 11.3 Å². The lowest BCUT2D eigenvalue weighted by molar-refractivity contribution is 1.40. The van der Waals surface area contributed by atoms with Crippen LogP contribution in [0.1, 0.15) is 0 Å². The van der Waals surface area contributed by atoms with Crippen LogP contribution in [-0.2, 0) is 0 Å². The largest absolute Gasteiger partial charge is 0.375 e. The first-order valence-electron chi connectivity index (χ1n) is 3.83. The van der Waals surface area contributed by atoms with Gasteiger partial charge in [-0.25, -0.2) is 4.98 Å². The van der Waals surface area contributed by atoms with Crippen LogP contribution in [0.4, 0.5) is 5.13 Å². The third-order valence-corrected chi connectivity index (χ3v) is 3.58. The van der Waals surface area contributed by atoms with Crippen molar-refractivity contribution in [2.75, 3.05) is 5.73 Å². The molecule has 0 spiro atoms. The molecule has 0 aliphatic rings. The zero-order chi connectivity index (χ0) is 10.1. The van der Waals surface area contributed by atoms with Gasteiger partial charge in [0.2, 0.25) is 0 Å². The summed E-state index contributed by atoms with van der Waals surface area (Å²) < 4.78 is 2.05. The molecule has 0 saturated carbocycles. The standard InChI is InChI=1S/C9H6Br2N2S/c10-5-1-2-7(11)6(3-5)8-4-14-9(12)13-8/h1-4H,(H2,12,13). The van der Waals surface area contributed by atoms with Gasteiger partial charge in [0, 0.05) is 19.9 Å². The van der Waals surface area contributed by atoms with Crippen molar-refractivity contribution in [1.29, 1.82) is 0 Å². The molecule has 0 amide bonds. The lowest BCUT2D eigenvalue weighted by Gasteiger charge is -2.00. The summed E-state index contributed by atoms with van der Waals surface area (Å²) in [5, 5.41) is 2.54. The monoisotopic (exact) mass is 332 g/mol. The molecule has 14 heavy (non-hydrogen) atoms. The molecule has 1 aromatic carbocycles. The zero-order valence-corrected chi connectivity index (χ0v) is 11.0. The molecule has 0 radical (unpaired) electrons. The quantitative estimate of drug-likeness (QED) is 0.859. The zero-order valence-electron chi connectivity index (χ0n) is 7.00. The van der Waals surface area contributed by atoms with Crippen LogP contribution < -0.4 is 5.73 Å². The highest BCUT2D eigenvalue weighted by Gasteiger charge is 2.06. The average Bonchev–Trinajstić information content (AvgIpc) is 2.56.